The molecule has 1 saturated carbocycles. The average molecular weight is 380 g/mol. The number of fused-ring (bicyclic) bond motifs is 1. The van der Waals surface area contributed by atoms with Crippen molar-refractivity contribution < 1.29 is 9.53 Å². The summed E-state index contributed by atoms with van der Waals surface area (Å²) in [6.45, 7) is 4.07. The molecule has 2 saturated heterocycles. The van der Waals surface area contributed by atoms with Crippen molar-refractivity contribution in [3.8, 4) is 10.6 Å². The number of aryl methyl sites for hydroxylation is 1. The van der Waals surface area contributed by atoms with Gasteiger partial charge >= 0.3 is 5.97 Å². The van der Waals surface area contributed by atoms with E-state index in [9.17, 15) is 4.79 Å². The number of carbonyl (C=O) groups excluding carboxylic acids is 1. The van der Waals surface area contributed by atoms with E-state index in [1.807, 2.05) is 31.3 Å². The molecular formula is C20H20N4O2S. The van der Waals surface area contributed by atoms with Crippen molar-refractivity contribution in [2.24, 2.45) is 5.92 Å². The second-order valence-corrected chi connectivity index (χ2v) is 9.23. The second kappa shape index (κ2) is 5.39. The zero-order chi connectivity index (χ0) is 18.2. The highest BCUT2D eigenvalue weighted by molar-refractivity contribution is 7.14. The Labute approximate surface area is 160 Å². The van der Waals surface area contributed by atoms with Crippen LogP contribution in [0.15, 0.2) is 24.4 Å². The predicted molar refractivity (Wildman–Crippen MR) is 103 cm³/mol. The van der Waals surface area contributed by atoms with Gasteiger partial charge in [0.15, 0.2) is 5.69 Å². The van der Waals surface area contributed by atoms with Gasteiger partial charge in [-0.15, -0.1) is 11.3 Å². The van der Waals surface area contributed by atoms with Gasteiger partial charge in [0.25, 0.3) is 0 Å². The minimum atomic E-state index is -0.311. The molecule has 1 aliphatic carbocycles. The van der Waals surface area contributed by atoms with E-state index in [-0.39, 0.29) is 12.1 Å². The van der Waals surface area contributed by atoms with Crippen LogP contribution >= 0.6 is 11.3 Å². The van der Waals surface area contributed by atoms with Crippen LogP contribution in [0, 0.1) is 12.8 Å². The van der Waals surface area contributed by atoms with Crippen molar-refractivity contribution in [1.29, 1.82) is 0 Å². The monoisotopic (exact) mass is 380 g/mol. The largest absolute Gasteiger partial charge is 0.456 e. The highest BCUT2D eigenvalue weighted by Crippen LogP contribution is 2.58. The van der Waals surface area contributed by atoms with E-state index in [0.29, 0.717) is 17.2 Å². The number of nitrogens with zero attached hydrogens (tertiary/aromatic N) is 3. The van der Waals surface area contributed by atoms with Crippen LogP contribution in [0.2, 0.25) is 0 Å². The molecule has 1 unspecified atom stereocenters. The zero-order valence-corrected chi connectivity index (χ0v) is 15.9. The van der Waals surface area contributed by atoms with Gasteiger partial charge in [0, 0.05) is 46.6 Å². The molecule has 3 aromatic rings. The van der Waals surface area contributed by atoms with E-state index in [4.69, 9.17) is 4.74 Å². The molecule has 3 aliphatic rings. The van der Waals surface area contributed by atoms with Gasteiger partial charge in [-0.05, 0) is 38.3 Å². The van der Waals surface area contributed by atoms with Gasteiger partial charge in [0.2, 0.25) is 0 Å². The van der Waals surface area contributed by atoms with Gasteiger partial charge in [0.05, 0.1) is 5.52 Å². The first kappa shape index (κ1) is 15.8. The van der Waals surface area contributed by atoms with Gasteiger partial charge in [0.1, 0.15) is 11.1 Å². The molecular weight excluding hydrogens is 360 g/mol. The summed E-state index contributed by atoms with van der Waals surface area (Å²) in [5.74, 6) is 0.203. The van der Waals surface area contributed by atoms with Crippen LogP contribution in [0.1, 0.15) is 34.6 Å². The summed E-state index contributed by atoms with van der Waals surface area (Å²) in [6, 6.07) is 5.93. The van der Waals surface area contributed by atoms with E-state index in [0.717, 1.165) is 34.6 Å². The Kier molecular flexibility index (Phi) is 3.15. The number of nitrogens with one attached hydrogen (secondary N) is 1. The maximum absolute atomic E-state index is 12.8. The molecule has 0 radical (unpaired) electrons. The van der Waals surface area contributed by atoms with Crippen LogP contribution in [0.25, 0.3) is 21.5 Å². The standard InChI is InChI=1S/C20H20N4O2S/c1-11-9-21-18(27-11)12-2-3-13-15(8-12)22-23-17(13)19(25)26-16-10-24-7-6-20(24)5-4-14(16)20/h2-3,8-9,14,16H,4-7,10H2,1H3,(H,22,23)/t14-,16-,20?/m1/s1. The summed E-state index contributed by atoms with van der Waals surface area (Å²) < 4.78 is 5.92. The number of thiazole rings is 1. The lowest BCUT2D eigenvalue weighted by Crippen LogP contribution is -2.63. The fraction of sp³-hybridized carbons (Fsp3) is 0.450. The summed E-state index contributed by atoms with van der Waals surface area (Å²) in [7, 11) is 0. The molecule has 3 atom stereocenters. The lowest BCUT2D eigenvalue weighted by molar-refractivity contribution is -0.0772. The van der Waals surface area contributed by atoms with Gasteiger partial charge < -0.3 is 4.74 Å². The third-order valence-electron chi connectivity index (χ3n) is 6.75. The molecule has 6 nitrogen and oxygen atoms in total. The number of rotatable bonds is 3. The number of carbonyl (C=O) groups is 1. The smallest absolute Gasteiger partial charge is 0.359 e. The van der Waals surface area contributed by atoms with E-state index < -0.39 is 0 Å². The second-order valence-electron chi connectivity index (χ2n) is 8.00. The highest BCUT2D eigenvalue weighted by Gasteiger charge is 2.64. The van der Waals surface area contributed by atoms with Crippen molar-refractivity contribution in [3.05, 3.63) is 35.0 Å². The SMILES string of the molecule is Cc1cnc(-c2ccc3c(C(=O)O[C@@H]4CN5CCC56CC[C@H]46)n[nH]c3c2)s1. The summed E-state index contributed by atoms with van der Waals surface area (Å²) in [6.07, 6.45) is 5.58. The molecule has 4 heterocycles. The summed E-state index contributed by atoms with van der Waals surface area (Å²) in [5.41, 5.74) is 2.61. The summed E-state index contributed by atoms with van der Waals surface area (Å²) in [4.78, 5) is 20.9. The van der Waals surface area contributed by atoms with E-state index in [1.54, 1.807) is 11.3 Å². The zero-order valence-electron chi connectivity index (χ0n) is 15.1. The lowest BCUT2D eigenvalue weighted by Gasteiger charge is -2.57. The van der Waals surface area contributed by atoms with E-state index in [2.05, 4.69) is 20.1 Å². The fourth-order valence-electron chi connectivity index (χ4n) is 5.16. The molecule has 0 bridgehead atoms. The number of aromatic nitrogens is 3. The van der Waals surface area contributed by atoms with Crippen LogP contribution in [0.5, 0.6) is 0 Å². The van der Waals surface area contributed by atoms with Crippen LogP contribution in [0.3, 0.4) is 0 Å². The summed E-state index contributed by atoms with van der Waals surface area (Å²) in [5, 5.41) is 9.03. The molecule has 7 heteroatoms. The van der Waals surface area contributed by atoms with Crippen molar-refractivity contribution in [1.82, 2.24) is 20.1 Å². The van der Waals surface area contributed by atoms with Crippen molar-refractivity contribution in [2.45, 2.75) is 37.8 Å². The third kappa shape index (κ3) is 2.12. The fourth-order valence-corrected chi connectivity index (χ4v) is 5.92. The number of benzene rings is 1. The molecule has 1 N–H and O–H groups in total. The highest BCUT2D eigenvalue weighted by atomic mass is 32.1. The van der Waals surface area contributed by atoms with Gasteiger partial charge in [-0.1, -0.05) is 6.07 Å². The normalized spacial score (nSPS) is 29.1. The minimum absolute atomic E-state index is 0.0121. The Bertz CT molecular complexity index is 1070. The Morgan fingerprint density at radius 3 is 3.00 bits per heavy atom. The van der Waals surface area contributed by atoms with Crippen molar-refractivity contribution >= 4 is 28.2 Å². The first-order valence-corrected chi connectivity index (χ1v) is 10.3. The first-order valence-electron chi connectivity index (χ1n) is 9.51. The summed E-state index contributed by atoms with van der Waals surface area (Å²) >= 11 is 1.65. The molecule has 27 heavy (non-hydrogen) atoms. The average Bonchev–Trinajstić information content (AvgIpc) is 3.25. The Morgan fingerprint density at radius 1 is 1.41 bits per heavy atom. The molecule has 2 aliphatic heterocycles. The van der Waals surface area contributed by atoms with Crippen LogP contribution in [0.4, 0.5) is 0 Å². The van der Waals surface area contributed by atoms with Gasteiger partial charge in [-0.25, -0.2) is 9.78 Å². The molecule has 0 amide bonds. The minimum Gasteiger partial charge on any atom is -0.456 e. The maximum atomic E-state index is 12.8. The molecule has 2 aromatic heterocycles. The topological polar surface area (TPSA) is 71.1 Å². The van der Waals surface area contributed by atoms with Crippen LogP contribution in [-0.2, 0) is 4.74 Å². The number of hydrogen-bond donors (Lipinski definition) is 1. The third-order valence-corrected chi connectivity index (χ3v) is 7.72. The van der Waals surface area contributed by atoms with Gasteiger partial charge in [-0.3, -0.25) is 10.00 Å². The number of H-pyrrole nitrogens is 1. The number of aromatic amines is 1. The first-order chi connectivity index (χ1) is 13.1. The van der Waals surface area contributed by atoms with Crippen LogP contribution in [-0.4, -0.2) is 50.8 Å². The molecule has 3 fully saturated rings. The Morgan fingerprint density at radius 2 is 2.33 bits per heavy atom. The van der Waals surface area contributed by atoms with Gasteiger partial charge in [-0.2, -0.15) is 5.10 Å². The number of ether oxygens (including phenoxy) is 1. The molecule has 138 valence electrons. The number of esters is 1. The maximum Gasteiger partial charge on any atom is 0.359 e. The number of hydrogen-bond acceptors (Lipinski definition) is 6. The molecule has 1 aromatic carbocycles. The van der Waals surface area contributed by atoms with Crippen LogP contribution < -0.4 is 0 Å². The Hall–Kier alpha value is -2.25. The molecule has 1 spiro atoms. The van der Waals surface area contributed by atoms with Crippen molar-refractivity contribution in [3.63, 3.8) is 0 Å². The molecule has 6 rings (SSSR count). The Balaban J connectivity index is 1.26. The van der Waals surface area contributed by atoms with E-state index in [1.165, 1.54) is 24.1 Å². The van der Waals surface area contributed by atoms with Crippen molar-refractivity contribution in [2.75, 3.05) is 13.1 Å². The quantitative estimate of drug-likeness (QED) is 0.705. The lowest BCUT2D eigenvalue weighted by atomic mass is 9.61. The van der Waals surface area contributed by atoms with E-state index >= 15 is 0 Å². The predicted octanol–water partition coefficient (Wildman–Crippen LogP) is 3.39.